The molecule has 2 aromatic rings. The van der Waals surface area contributed by atoms with Crippen LogP contribution in [0, 0.1) is 13.8 Å². The Balaban J connectivity index is 2.01. The molecule has 0 aliphatic heterocycles. The molecule has 166 valence electrons. The van der Waals surface area contributed by atoms with E-state index >= 15 is 0 Å². The molecule has 2 N–H and O–H groups in total. The van der Waals surface area contributed by atoms with E-state index in [1.807, 2.05) is 71.1 Å². The Morgan fingerprint density at radius 3 is 2.32 bits per heavy atom. The van der Waals surface area contributed by atoms with E-state index in [-0.39, 0.29) is 0 Å². The van der Waals surface area contributed by atoms with Crippen LogP contribution in [0.3, 0.4) is 0 Å². The van der Waals surface area contributed by atoms with E-state index in [4.69, 9.17) is 15.4 Å². The second-order valence-electron chi connectivity index (χ2n) is 7.38. The van der Waals surface area contributed by atoms with Crippen LogP contribution < -0.4 is 10.9 Å². The zero-order valence-electron chi connectivity index (χ0n) is 19.3. The second-order valence-corrected chi connectivity index (χ2v) is 7.38. The molecule has 0 amide bonds. The summed E-state index contributed by atoms with van der Waals surface area (Å²) in [5.41, 5.74) is 6.66. The van der Waals surface area contributed by atoms with Crippen molar-refractivity contribution in [1.29, 1.82) is 0 Å². The van der Waals surface area contributed by atoms with Gasteiger partial charge in [0.1, 0.15) is 13.2 Å². The summed E-state index contributed by atoms with van der Waals surface area (Å²) in [6.07, 6.45) is 0.621. The van der Waals surface area contributed by atoms with Crippen molar-refractivity contribution in [3.8, 4) is 0 Å². The first-order chi connectivity index (χ1) is 14.8. The minimum absolute atomic E-state index is 0.372. The first-order valence-corrected chi connectivity index (χ1v) is 10.4. The Labute approximate surface area is 185 Å². The molecule has 0 aromatic heterocycles. The Hall–Kier alpha value is -3.19. The molecule has 0 radical (unpaired) electrons. The predicted molar refractivity (Wildman–Crippen MR) is 128 cm³/mol. The number of ether oxygens (including phenoxy) is 1. The van der Waals surface area contributed by atoms with Crippen LogP contribution in [0.25, 0.3) is 0 Å². The number of anilines is 1. The fourth-order valence-corrected chi connectivity index (χ4v) is 2.80. The number of nitrogens with zero attached hydrogens (tertiary/aromatic N) is 4. The average Bonchev–Trinajstić information content (AvgIpc) is 2.75. The summed E-state index contributed by atoms with van der Waals surface area (Å²) in [6, 6.07) is 14.0. The van der Waals surface area contributed by atoms with Crippen molar-refractivity contribution < 1.29 is 9.57 Å². The highest BCUT2D eigenvalue weighted by molar-refractivity contribution is 6.40. The van der Waals surface area contributed by atoms with Crippen molar-refractivity contribution in [2.45, 2.75) is 54.3 Å². The number of hydrazine groups is 1. The fraction of sp³-hybridized carbons (Fsp3) is 0.375. The number of hydrogen-bond acceptors (Lipinski definition) is 7. The van der Waals surface area contributed by atoms with Gasteiger partial charge in [-0.3, -0.25) is 0 Å². The summed E-state index contributed by atoms with van der Waals surface area (Å²) in [4.78, 5) is 5.48. The van der Waals surface area contributed by atoms with Gasteiger partial charge in [-0.1, -0.05) is 48.5 Å². The number of rotatable bonds is 9. The zero-order valence-corrected chi connectivity index (χ0v) is 19.3. The zero-order chi connectivity index (χ0) is 22.8. The van der Waals surface area contributed by atoms with Crippen LogP contribution in [0.5, 0.6) is 0 Å². The molecular formula is C24H33N5O2. The largest absolute Gasteiger partial charge is 0.475 e. The highest BCUT2D eigenvalue weighted by Gasteiger charge is 2.10. The quantitative estimate of drug-likeness (QED) is 0.269. The molecule has 7 nitrogen and oxygen atoms in total. The van der Waals surface area contributed by atoms with Gasteiger partial charge in [0.25, 0.3) is 0 Å². The maximum Gasteiger partial charge on any atom is 0.208 e. The lowest BCUT2D eigenvalue weighted by atomic mass is 10.1. The summed E-state index contributed by atoms with van der Waals surface area (Å²) in [6.45, 7) is 10.5. The Bertz CT molecular complexity index is 964. The number of nitrogens with two attached hydrogens (primary N) is 1. The molecule has 2 aromatic carbocycles. The van der Waals surface area contributed by atoms with Gasteiger partial charge in [-0.25, -0.2) is 5.84 Å². The lowest BCUT2D eigenvalue weighted by Crippen LogP contribution is -2.26. The summed E-state index contributed by atoms with van der Waals surface area (Å²) >= 11 is 0. The molecular weight excluding hydrogens is 390 g/mol. The van der Waals surface area contributed by atoms with Crippen LogP contribution in [0.2, 0.25) is 0 Å². The standard InChI is InChI=1S/C24H33N5O2/c1-7-24(30-16-22-18(3)12-10-14-23(22)29(6)25)27-26-19(4)20(5)28-31-15-21-13-9-8-11-17(21)2/h8-14H,7,15-16,25H2,1-6H3/b26-19?,27-24?,28-20-. The van der Waals surface area contributed by atoms with Gasteiger partial charge in [0, 0.05) is 19.0 Å². The van der Waals surface area contributed by atoms with Crippen molar-refractivity contribution in [2.24, 2.45) is 21.2 Å². The maximum atomic E-state index is 5.94. The molecule has 0 heterocycles. The molecule has 0 spiro atoms. The van der Waals surface area contributed by atoms with Gasteiger partial charge in [-0.05, 0) is 50.5 Å². The summed E-state index contributed by atoms with van der Waals surface area (Å²) < 4.78 is 5.92. The molecule has 31 heavy (non-hydrogen) atoms. The molecule has 0 fully saturated rings. The number of hydrogen-bond donors (Lipinski definition) is 1. The van der Waals surface area contributed by atoms with Crippen molar-refractivity contribution >= 4 is 23.0 Å². The molecule has 0 unspecified atom stereocenters. The molecule has 0 atom stereocenters. The van der Waals surface area contributed by atoms with E-state index in [1.54, 1.807) is 5.01 Å². The molecule has 0 aliphatic rings. The third kappa shape index (κ3) is 7.22. The topological polar surface area (TPSA) is 84.8 Å². The Morgan fingerprint density at radius 2 is 1.65 bits per heavy atom. The second kappa shape index (κ2) is 11.9. The van der Waals surface area contributed by atoms with Gasteiger partial charge < -0.3 is 14.6 Å². The lowest BCUT2D eigenvalue weighted by molar-refractivity contribution is 0.130. The van der Waals surface area contributed by atoms with E-state index in [1.165, 1.54) is 5.56 Å². The van der Waals surface area contributed by atoms with Gasteiger partial charge in [-0.2, -0.15) is 5.10 Å². The first kappa shape index (κ1) is 24.1. The minimum atomic E-state index is 0.372. The van der Waals surface area contributed by atoms with Gasteiger partial charge in [0.2, 0.25) is 5.90 Å². The van der Waals surface area contributed by atoms with Crippen molar-refractivity contribution in [3.63, 3.8) is 0 Å². The maximum absolute atomic E-state index is 5.94. The van der Waals surface area contributed by atoms with Crippen LogP contribution in [0.1, 0.15) is 49.4 Å². The lowest BCUT2D eigenvalue weighted by Gasteiger charge is -2.19. The van der Waals surface area contributed by atoms with Gasteiger partial charge >= 0.3 is 0 Å². The SMILES string of the molecule is CCC(=NN=C(C)/C(C)=N\OCc1ccccc1C)OCc1c(C)cccc1N(C)N. The molecule has 7 heteroatoms. The van der Waals surface area contributed by atoms with E-state index in [0.717, 1.165) is 22.4 Å². The van der Waals surface area contributed by atoms with E-state index in [0.29, 0.717) is 37.0 Å². The van der Waals surface area contributed by atoms with E-state index < -0.39 is 0 Å². The third-order valence-electron chi connectivity index (χ3n) is 4.97. The number of oxime groups is 1. The molecule has 0 bridgehead atoms. The Kier molecular flexibility index (Phi) is 9.21. The highest BCUT2D eigenvalue weighted by atomic mass is 16.6. The first-order valence-electron chi connectivity index (χ1n) is 10.4. The smallest absolute Gasteiger partial charge is 0.208 e. The number of aryl methyl sites for hydroxylation is 2. The Morgan fingerprint density at radius 1 is 0.935 bits per heavy atom. The summed E-state index contributed by atoms with van der Waals surface area (Å²) in [5, 5.41) is 14.3. The minimum Gasteiger partial charge on any atom is -0.475 e. The van der Waals surface area contributed by atoms with E-state index in [9.17, 15) is 0 Å². The van der Waals surface area contributed by atoms with Crippen LogP contribution in [-0.2, 0) is 22.8 Å². The van der Waals surface area contributed by atoms with Crippen molar-refractivity contribution in [1.82, 2.24) is 0 Å². The fourth-order valence-electron chi connectivity index (χ4n) is 2.80. The van der Waals surface area contributed by atoms with Crippen LogP contribution >= 0.6 is 0 Å². The molecule has 0 saturated carbocycles. The summed E-state index contributed by atoms with van der Waals surface area (Å²) in [7, 11) is 1.81. The van der Waals surface area contributed by atoms with Crippen LogP contribution in [0.15, 0.2) is 57.8 Å². The predicted octanol–water partition coefficient (Wildman–Crippen LogP) is 4.91. The molecule has 0 aliphatic carbocycles. The van der Waals surface area contributed by atoms with Crippen LogP contribution in [-0.4, -0.2) is 24.4 Å². The monoisotopic (exact) mass is 423 g/mol. The highest BCUT2D eigenvalue weighted by Crippen LogP contribution is 2.22. The molecule has 2 rings (SSSR count). The molecule has 0 saturated heterocycles. The van der Waals surface area contributed by atoms with Crippen molar-refractivity contribution in [2.75, 3.05) is 12.1 Å². The number of benzene rings is 2. The van der Waals surface area contributed by atoms with Gasteiger partial charge in [0.15, 0.2) is 0 Å². The summed E-state index contributed by atoms with van der Waals surface area (Å²) in [5.74, 6) is 6.48. The van der Waals surface area contributed by atoms with E-state index in [2.05, 4.69) is 28.3 Å². The van der Waals surface area contributed by atoms with Crippen LogP contribution in [0.4, 0.5) is 5.69 Å². The van der Waals surface area contributed by atoms with Crippen molar-refractivity contribution in [3.05, 3.63) is 64.7 Å². The van der Waals surface area contributed by atoms with Gasteiger partial charge in [0.05, 0.1) is 17.1 Å². The van der Waals surface area contributed by atoms with Gasteiger partial charge in [-0.15, -0.1) is 5.10 Å². The third-order valence-corrected chi connectivity index (χ3v) is 4.97. The average molecular weight is 424 g/mol. The normalized spacial score (nSPS) is 12.7.